The van der Waals surface area contributed by atoms with Crippen LogP contribution >= 0.6 is 12.4 Å². The molecule has 0 saturated heterocycles. The minimum absolute atomic E-state index is 0. The van der Waals surface area contributed by atoms with Crippen molar-refractivity contribution in [2.45, 2.75) is 38.4 Å². The second-order valence-electron chi connectivity index (χ2n) is 8.67. The zero-order valence-corrected chi connectivity index (χ0v) is 20.1. The molecule has 5 heteroatoms. The number of fused-ring (bicyclic) bond motifs is 1. The van der Waals surface area contributed by atoms with Gasteiger partial charge in [-0.05, 0) is 65.6 Å². The van der Waals surface area contributed by atoms with E-state index in [1.165, 1.54) is 29.5 Å². The molecule has 172 valence electrons. The number of nitrogens with zero attached hydrogens (tertiary/aromatic N) is 3. The number of hydrogen-bond donors (Lipinski definition) is 0. The second kappa shape index (κ2) is 10.7. The van der Waals surface area contributed by atoms with Crippen LogP contribution in [0.2, 0.25) is 0 Å². The molecule has 1 aliphatic rings. The second-order valence-corrected chi connectivity index (χ2v) is 8.67. The average Bonchev–Trinajstić information content (AvgIpc) is 3.30. The maximum Gasteiger partial charge on any atom is 0.124 e. The molecule has 1 aliphatic carbocycles. The Bertz CT molecular complexity index is 1310. The number of halogens is 1. The summed E-state index contributed by atoms with van der Waals surface area (Å²) in [7, 11) is 1.99. The Morgan fingerprint density at radius 1 is 1.00 bits per heavy atom. The van der Waals surface area contributed by atoms with Crippen LogP contribution in [0.25, 0.3) is 11.1 Å². The summed E-state index contributed by atoms with van der Waals surface area (Å²) in [6.45, 7) is 0.493. The van der Waals surface area contributed by atoms with E-state index in [4.69, 9.17) is 4.74 Å². The van der Waals surface area contributed by atoms with Crippen molar-refractivity contribution >= 4 is 12.4 Å². The summed E-state index contributed by atoms with van der Waals surface area (Å²) in [6.07, 6.45) is 7.98. The standard InChI is InChI=1S/C29H27N3O.ClH/c1-32-20-31-18-28(32)29(33-19-21-8-3-2-4-9-21)23-14-15-24(17-30)27(16-23)26-13-7-11-22-10-5-6-12-25(22)26;/h2-4,7-9,11,13-16,18,20,29H,5-6,10,12,19H2,1H3;1H. The van der Waals surface area contributed by atoms with Gasteiger partial charge in [0.05, 0.1) is 36.5 Å². The molecule has 0 bridgehead atoms. The minimum Gasteiger partial charge on any atom is -0.363 e. The lowest BCUT2D eigenvalue weighted by Crippen LogP contribution is -2.11. The number of aromatic nitrogens is 2. The van der Waals surface area contributed by atoms with Gasteiger partial charge < -0.3 is 9.30 Å². The molecule has 4 aromatic rings. The lowest BCUT2D eigenvalue weighted by molar-refractivity contribution is 0.0622. The maximum absolute atomic E-state index is 9.90. The van der Waals surface area contributed by atoms with E-state index >= 15 is 0 Å². The summed E-state index contributed by atoms with van der Waals surface area (Å²) in [5.41, 5.74) is 8.80. The summed E-state index contributed by atoms with van der Waals surface area (Å²) in [4.78, 5) is 4.33. The molecule has 0 aliphatic heterocycles. The van der Waals surface area contributed by atoms with Crippen molar-refractivity contribution in [1.82, 2.24) is 9.55 Å². The monoisotopic (exact) mass is 469 g/mol. The number of benzene rings is 3. The fourth-order valence-corrected chi connectivity index (χ4v) is 4.81. The summed E-state index contributed by atoms with van der Waals surface area (Å²) >= 11 is 0. The topological polar surface area (TPSA) is 50.8 Å². The number of ether oxygens (including phenoxy) is 1. The normalized spacial score (nSPS) is 13.4. The Morgan fingerprint density at radius 2 is 1.82 bits per heavy atom. The third-order valence-corrected chi connectivity index (χ3v) is 6.53. The molecule has 0 spiro atoms. The molecule has 0 radical (unpaired) electrons. The van der Waals surface area contributed by atoms with E-state index in [0.717, 1.165) is 35.2 Å². The van der Waals surface area contributed by atoms with Crippen LogP contribution in [-0.2, 0) is 31.2 Å². The van der Waals surface area contributed by atoms with E-state index in [-0.39, 0.29) is 18.5 Å². The molecule has 4 nitrogen and oxygen atoms in total. The molecule has 1 atom stereocenters. The summed E-state index contributed by atoms with van der Waals surface area (Å²) in [6, 6.07) is 25.2. The van der Waals surface area contributed by atoms with Crippen LogP contribution in [0.4, 0.5) is 0 Å². The van der Waals surface area contributed by atoms with E-state index in [2.05, 4.69) is 47.5 Å². The van der Waals surface area contributed by atoms with Gasteiger partial charge in [-0.3, -0.25) is 0 Å². The first-order valence-electron chi connectivity index (χ1n) is 11.5. The highest BCUT2D eigenvalue weighted by Gasteiger charge is 2.22. The third-order valence-electron chi connectivity index (χ3n) is 6.53. The summed E-state index contributed by atoms with van der Waals surface area (Å²) < 4.78 is 8.47. The lowest BCUT2D eigenvalue weighted by Gasteiger charge is -2.23. The van der Waals surface area contributed by atoms with Crippen LogP contribution in [0.5, 0.6) is 0 Å². The van der Waals surface area contributed by atoms with E-state index in [1.807, 2.05) is 48.1 Å². The summed E-state index contributed by atoms with van der Waals surface area (Å²) in [5, 5.41) is 9.90. The Labute approximate surface area is 207 Å². The molecule has 3 aromatic carbocycles. The van der Waals surface area contributed by atoms with E-state index in [1.54, 1.807) is 6.33 Å². The van der Waals surface area contributed by atoms with E-state index in [9.17, 15) is 5.26 Å². The maximum atomic E-state index is 9.90. The Morgan fingerprint density at radius 3 is 2.59 bits per heavy atom. The van der Waals surface area contributed by atoms with Gasteiger partial charge >= 0.3 is 0 Å². The number of rotatable bonds is 6. The van der Waals surface area contributed by atoms with Crippen LogP contribution < -0.4 is 0 Å². The van der Waals surface area contributed by atoms with Gasteiger partial charge in [-0.25, -0.2) is 4.98 Å². The first kappa shape index (κ1) is 23.8. The average molecular weight is 470 g/mol. The molecule has 1 unspecified atom stereocenters. The highest BCUT2D eigenvalue weighted by Crippen LogP contribution is 2.36. The van der Waals surface area contributed by atoms with Gasteiger partial charge in [-0.15, -0.1) is 12.4 Å². The van der Waals surface area contributed by atoms with Crippen molar-refractivity contribution in [1.29, 1.82) is 5.26 Å². The molecular weight excluding hydrogens is 442 g/mol. The van der Waals surface area contributed by atoms with Crippen LogP contribution in [0.3, 0.4) is 0 Å². The van der Waals surface area contributed by atoms with Gasteiger partial charge in [-0.1, -0.05) is 54.6 Å². The molecule has 0 N–H and O–H groups in total. The van der Waals surface area contributed by atoms with Crippen molar-refractivity contribution in [3.8, 4) is 17.2 Å². The van der Waals surface area contributed by atoms with Gasteiger partial charge in [0.1, 0.15) is 6.10 Å². The Balaban J connectivity index is 0.00000274. The first-order chi connectivity index (χ1) is 16.2. The quantitative estimate of drug-likeness (QED) is 0.321. The van der Waals surface area contributed by atoms with Crippen LogP contribution in [0.15, 0.2) is 79.3 Å². The number of aryl methyl sites for hydroxylation is 2. The molecular formula is C29H28ClN3O. The van der Waals surface area contributed by atoms with Crippen molar-refractivity contribution in [3.63, 3.8) is 0 Å². The highest BCUT2D eigenvalue weighted by atomic mass is 35.5. The molecule has 5 rings (SSSR count). The zero-order valence-electron chi connectivity index (χ0n) is 19.3. The van der Waals surface area contributed by atoms with Gasteiger partial charge in [-0.2, -0.15) is 5.26 Å². The van der Waals surface area contributed by atoms with Crippen molar-refractivity contribution in [2.75, 3.05) is 0 Å². The fraction of sp³-hybridized carbons (Fsp3) is 0.241. The van der Waals surface area contributed by atoms with Crippen molar-refractivity contribution in [2.24, 2.45) is 7.05 Å². The minimum atomic E-state index is -0.288. The summed E-state index contributed by atoms with van der Waals surface area (Å²) in [5.74, 6) is 0. The zero-order chi connectivity index (χ0) is 22.6. The molecule has 1 aromatic heterocycles. The van der Waals surface area contributed by atoms with Gasteiger partial charge in [0, 0.05) is 12.6 Å². The number of hydrogen-bond acceptors (Lipinski definition) is 3. The Kier molecular flexibility index (Phi) is 7.47. The van der Waals surface area contributed by atoms with Gasteiger partial charge in [0.25, 0.3) is 0 Å². The van der Waals surface area contributed by atoms with E-state index < -0.39 is 0 Å². The molecule has 0 amide bonds. The highest BCUT2D eigenvalue weighted by molar-refractivity contribution is 5.85. The third kappa shape index (κ3) is 4.77. The lowest BCUT2D eigenvalue weighted by atomic mass is 9.84. The van der Waals surface area contributed by atoms with Crippen molar-refractivity contribution in [3.05, 3.63) is 113 Å². The van der Waals surface area contributed by atoms with Gasteiger partial charge in [0.15, 0.2) is 0 Å². The van der Waals surface area contributed by atoms with Crippen LogP contribution in [0, 0.1) is 11.3 Å². The molecule has 0 saturated carbocycles. The Hall–Kier alpha value is -3.39. The predicted molar refractivity (Wildman–Crippen MR) is 137 cm³/mol. The fourth-order valence-electron chi connectivity index (χ4n) is 4.81. The first-order valence-corrected chi connectivity index (χ1v) is 11.5. The van der Waals surface area contributed by atoms with E-state index in [0.29, 0.717) is 12.2 Å². The SMILES string of the molecule is Cl.Cn1cncc1C(OCc1ccccc1)c1ccc(C#N)c(-c2cccc3c2CCCC3)c1. The predicted octanol–water partition coefficient (Wildman–Crippen LogP) is 6.57. The molecule has 34 heavy (non-hydrogen) atoms. The van der Waals surface area contributed by atoms with Gasteiger partial charge in [0.2, 0.25) is 0 Å². The number of nitriles is 1. The van der Waals surface area contributed by atoms with Crippen molar-refractivity contribution < 1.29 is 4.74 Å². The number of imidazole rings is 1. The van der Waals surface area contributed by atoms with Crippen LogP contribution in [-0.4, -0.2) is 9.55 Å². The van der Waals surface area contributed by atoms with Crippen LogP contribution in [0.1, 0.15) is 52.5 Å². The smallest absolute Gasteiger partial charge is 0.124 e. The largest absolute Gasteiger partial charge is 0.363 e. The molecule has 0 fully saturated rings. The molecule has 1 heterocycles.